The van der Waals surface area contributed by atoms with E-state index >= 15 is 0 Å². The van der Waals surface area contributed by atoms with E-state index < -0.39 is 12.0 Å². The minimum absolute atomic E-state index is 0.0398. The molecule has 1 aromatic carbocycles. The van der Waals surface area contributed by atoms with Gasteiger partial charge < -0.3 is 25.2 Å². The maximum absolute atomic E-state index is 13.0. The Labute approximate surface area is 177 Å². The first-order valence-electron chi connectivity index (χ1n) is 10.6. The summed E-state index contributed by atoms with van der Waals surface area (Å²) in [5.74, 6) is -0.0102. The van der Waals surface area contributed by atoms with E-state index in [1.54, 1.807) is 22.9 Å². The molecule has 0 spiro atoms. The Hall–Kier alpha value is -2.61. The van der Waals surface area contributed by atoms with Crippen LogP contribution in [-0.4, -0.2) is 74.5 Å². The zero-order valence-electron chi connectivity index (χ0n) is 18.1. The fourth-order valence-electron chi connectivity index (χ4n) is 4.09. The number of methoxy groups -OCH3 is 1. The van der Waals surface area contributed by atoms with Crippen LogP contribution in [0, 0.1) is 5.92 Å². The number of hydrogen-bond donors (Lipinski definition) is 2. The molecule has 164 valence electrons. The summed E-state index contributed by atoms with van der Waals surface area (Å²) in [4.78, 5) is 40.6. The van der Waals surface area contributed by atoms with Gasteiger partial charge in [0.05, 0.1) is 13.5 Å². The lowest BCUT2D eigenvalue weighted by Gasteiger charge is -2.25. The fraction of sp³-hybridized carbons (Fsp3) is 0.591. The van der Waals surface area contributed by atoms with Gasteiger partial charge in [-0.2, -0.15) is 0 Å². The van der Waals surface area contributed by atoms with E-state index in [1.807, 2.05) is 19.2 Å². The van der Waals surface area contributed by atoms with E-state index in [9.17, 15) is 14.4 Å². The van der Waals surface area contributed by atoms with Gasteiger partial charge in [0.1, 0.15) is 6.04 Å². The van der Waals surface area contributed by atoms with Crippen LogP contribution in [0.5, 0.6) is 0 Å². The van der Waals surface area contributed by atoms with Crippen LogP contribution in [0.25, 0.3) is 0 Å². The average molecular weight is 417 g/mol. The summed E-state index contributed by atoms with van der Waals surface area (Å²) in [7, 11) is 4.84. The van der Waals surface area contributed by atoms with Gasteiger partial charge in [-0.1, -0.05) is 6.07 Å². The molecule has 0 unspecified atom stereocenters. The summed E-state index contributed by atoms with van der Waals surface area (Å²) in [6.07, 6.45) is 3.27. The maximum atomic E-state index is 13.0. The van der Waals surface area contributed by atoms with Crippen LogP contribution in [-0.2, 0) is 20.9 Å². The number of amides is 2. The van der Waals surface area contributed by atoms with Crippen LogP contribution in [0.3, 0.4) is 0 Å². The molecule has 2 heterocycles. The normalized spacial score (nSPS) is 19.5. The number of nitrogens with one attached hydrogen (secondary N) is 2. The zero-order valence-corrected chi connectivity index (χ0v) is 18.1. The van der Waals surface area contributed by atoms with Crippen LogP contribution in [0.4, 0.5) is 5.69 Å². The molecule has 8 nitrogen and oxygen atoms in total. The molecule has 1 fully saturated rings. The topological polar surface area (TPSA) is 91.0 Å². The molecular weight excluding hydrogens is 384 g/mol. The number of fused-ring (bicyclic) bond motifs is 1. The predicted molar refractivity (Wildman–Crippen MR) is 114 cm³/mol. The number of esters is 1. The SMILES string of the molecule is COC(=O)C[C@H]1Nc2cc(C(=O)N(C)CCC3CCNCC3)ccc2CN(C)C1=O. The first-order chi connectivity index (χ1) is 14.4. The lowest BCUT2D eigenvalue weighted by molar-refractivity contribution is -0.143. The molecule has 0 saturated carbocycles. The zero-order chi connectivity index (χ0) is 21.7. The molecule has 3 rings (SSSR count). The van der Waals surface area contributed by atoms with Crippen molar-refractivity contribution < 1.29 is 19.1 Å². The van der Waals surface area contributed by atoms with E-state index in [-0.39, 0.29) is 18.2 Å². The maximum Gasteiger partial charge on any atom is 0.308 e. The van der Waals surface area contributed by atoms with Gasteiger partial charge in [-0.25, -0.2) is 0 Å². The van der Waals surface area contributed by atoms with Gasteiger partial charge in [0.15, 0.2) is 0 Å². The Morgan fingerprint density at radius 3 is 2.70 bits per heavy atom. The molecule has 0 bridgehead atoms. The summed E-state index contributed by atoms with van der Waals surface area (Å²) in [6, 6.07) is 4.75. The van der Waals surface area contributed by atoms with Crippen molar-refractivity contribution in [2.24, 2.45) is 5.92 Å². The molecule has 0 radical (unpaired) electrons. The Morgan fingerprint density at radius 2 is 2.00 bits per heavy atom. The van der Waals surface area contributed by atoms with E-state index in [4.69, 9.17) is 4.74 Å². The van der Waals surface area contributed by atoms with E-state index in [0.29, 0.717) is 23.7 Å². The Bertz CT molecular complexity index is 791. The molecule has 30 heavy (non-hydrogen) atoms. The van der Waals surface area contributed by atoms with Crippen molar-refractivity contribution in [2.45, 2.75) is 38.3 Å². The van der Waals surface area contributed by atoms with Gasteiger partial charge in [-0.15, -0.1) is 0 Å². The molecule has 2 aliphatic rings. The van der Waals surface area contributed by atoms with E-state index in [2.05, 4.69) is 10.6 Å². The highest BCUT2D eigenvalue weighted by Gasteiger charge is 2.30. The van der Waals surface area contributed by atoms with Crippen LogP contribution >= 0.6 is 0 Å². The third-order valence-electron chi connectivity index (χ3n) is 6.05. The molecule has 0 aromatic heterocycles. The quantitative estimate of drug-likeness (QED) is 0.683. The van der Waals surface area contributed by atoms with Crippen LogP contribution < -0.4 is 10.6 Å². The Balaban J connectivity index is 1.70. The first kappa shape index (κ1) is 22.1. The molecule has 2 amide bonds. The van der Waals surface area contributed by atoms with Gasteiger partial charge in [-0.05, 0) is 56.0 Å². The third kappa shape index (κ3) is 5.30. The molecule has 8 heteroatoms. The van der Waals surface area contributed by atoms with Gasteiger partial charge >= 0.3 is 5.97 Å². The number of rotatable bonds is 6. The van der Waals surface area contributed by atoms with Crippen LogP contribution in [0.2, 0.25) is 0 Å². The number of hydrogen-bond acceptors (Lipinski definition) is 6. The largest absolute Gasteiger partial charge is 0.469 e. The highest BCUT2D eigenvalue weighted by atomic mass is 16.5. The van der Waals surface area contributed by atoms with Crippen molar-refractivity contribution in [3.8, 4) is 0 Å². The second-order valence-corrected chi connectivity index (χ2v) is 8.25. The highest BCUT2D eigenvalue weighted by molar-refractivity contribution is 5.96. The standard InChI is InChI=1S/C22H32N4O4/c1-25(11-8-15-6-9-23-10-7-15)21(28)16-4-5-17-14-26(2)22(29)19(13-20(27)30-3)24-18(17)12-16/h4-5,12,15,19,23-24H,6-11,13-14H2,1-3H3/t19-/m1/s1. The van der Waals surface area contributed by atoms with E-state index in [1.165, 1.54) is 7.11 Å². The van der Waals surface area contributed by atoms with E-state index in [0.717, 1.165) is 44.5 Å². The predicted octanol–water partition coefficient (Wildman–Crippen LogP) is 1.46. The van der Waals surface area contributed by atoms with Crippen molar-refractivity contribution in [1.29, 1.82) is 0 Å². The lowest BCUT2D eigenvalue weighted by Crippen LogP contribution is -2.39. The Kier molecular flexibility index (Phi) is 7.31. The molecular formula is C22H32N4O4. The highest BCUT2D eigenvalue weighted by Crippen LogP contribution is 2.26. The smallest absolute Gasteiger partial charge is 0.308 e. The van der Waals surface area contributed by atoms with Crippen molar-refractivity contribution in [1.82, 2.24) is 15.1 Å². The molecule has 2 N–H and O–H groups in total. The number of nitrogens with zero attached hydrogens (tertiary/aromatic N) is 2. The van der Waals surface area contributed by atoms with Crippen LogP contribution in [0.1, 0.15) is 41.6 Å². The van der Waals surface area contributed by atoms with Crippen molar-refractivity contribution in [3.63, 3.8) is 0 Å². The summed E-state index contributed by atoms with van der Waals surface area (Å²) in [6.45, 7) is 3.25. The summed E-state index contributed by atoms with van der Waals surface area (Å²) in [5, 5.41) is 6.52. The minimum Gasteiger partial charge on any atom is -0.469 e. The molecule has 0 aliphatic carbocycles. The fourth-order valence-corrected chi connectivity index (χ4v) is 4.09. The molecule has 2 aliphatic heterocycles. The van der Waals surface area contributed by atoms with Crippen LogP contribution in [0.15, 0.2) is 18.2 Å². The van der Waals surface area contributed by atoms with Gasteiger partial charge in [-0.3, -0.25) is 14.4 Å². The van der Waals surface area contributed by atoms with Gasteiger partial charge in [0, 0.05) is 38.4 Å². The number of carbonyl (C=O) groups excluding carboxylic acids is 3. The minimum atomic E-state index is -0.716. The summed E-state index contributed by atoms with van der Waals surface area (Å²) >= 11 is 0. The number of anilines is 1. The number of carbonyl (C=O) groups is 3. The van der Waals surface area contributed by atoms with Crippen molar-refractivity contribution in [2.75, 3.05) is 46.2 Å². The summed E-state index contributed by atoms with van der Waals surface area (Å²) < 4.78 is 4.72. The lowest BCUT2D eigenvalue weighted by atomic mass is 9.94. The Morgan fingerprint density at radius 1 is 1.27 bits per heavy atom. The third-order valence-corrected chi connectivity index (χ3v) is 6.05. The first-order valence-corrected chi connectivity index (χ1v) is 10.6. The molecule has 1 aromatic rings. The number of ether oxygens (including phenoxy) is 1. The second kappa shape index (κ2) is 9.93. The van der Waals surface area contributed by atoms with Gasteiger partial charge in [0.25, 0.3) is 5.91 Å². The van der Waals surface area contributed by atoms with Crippen molar-refractivity contribution in [3.05, 3.63) is 29.3 Å². The molecule has 1 atom stereocenters. The number of benzene rings is 1. The van der Waals surface area contributed by atoms with Gasteiger partial charge in [0.2, 0.25) is 5.91 Å². The molecule has 1 saturated heterocycles. The second-order valence-electron chi connectivity index (χ2n) is 8.25. The van der Waals surface area contributed by atoms with Crippen molar-refractivity contribution >= 4 is 23.5 Å². The number of likely N-dealkylation sites (N-methyl/N-ethyl adjacent to an activating group) is 1. The monoisotopic (exact) mass is 416 g/mol. The number of piperidine rings is 1. The average Bonchev–Trinajstić information content (AvgIpc) is 2.88. The summed E-state index contributed by atoms with van der Waals surface area (Å²) in [5.41, 5.74) is 2.19.